The average molecular weight is 380 g/mol. The molecule has 98 valence electrons. The third-order valence-electron chi connectivity index (χ3n) is 2.20. The Balaban J connectivity index is 2.22. The molecule has 0 saturated heterocycles. The van der Waals surface area contributed by atoms with Crippen LogP contribution in [-0.2, 0) is 0 Å². The molecule has 0 saturated carbocycles. The van der Waals surface area contributed by atoms with Gasteiger partial charge in [-0.25, -0.2) is 4.98 Å². The zero-order chi connectivity index (χ0) is 14.0. The lowest BCUT2D eigenvalue weighted by Crippen LogP contribution is -2.12. The molecule has 1 aromatic heterocycles. The largest absolute Gasteiger partial charge is 0.322 e. The Hall–Kier alpha value is -0.810. The number of pyridine rings is 1. The van der Waals surface area contributed by atoms with Gasteiger partial charge in [0, 0.05) is 15.7 Å². The quantitative estimate of drug-likeness (QED) is 0.740. The minimum atomic E-state index is -0.333. The Morgan fingerprint density at radius 2 is 1.74 bits per heavy atom. The van der Waals surface area contributed by atoms with Crippen LogP contribution in [0.2, 0.25) is 15.3 Å². The highest BCUT2D eigenvalue weighted by molar-refractivity contribution is 9.10. The molecule has 0 spiro atoms. The molecule has 0 unspecified atom stereocenters. The molecule has 0 aliphatic rings. The Kier molecular flexibility index (Phi) is 4.68. The number of hydrogen-bond acceptors (Lipinski definition) is 2. The van der Waals surface area contributed by atoms with Gasteiger partial charge in [0.25, 0.3) is 5.91 Å². The number of amides is 1. The predicted molar refractivity (Wildman–Crippen MR) is 81.4 cm³/mol. The molecule has 0 radical (unpaired) electrons. The van der Waals surface area contributed by atoms with Crippen LogP contribution < -0.4 is 5.32 Å². The fourth-order valence-corrected chi connectivity index (χ4v) is 2.33. The molecular weight excluding hydrogens is 374 g/mol. The van der Waals surface area contributed by atoms with E-state index in [-0.39, 0.29) is 16.2 Å². The van der Waals surface area contributed by atoms with Gasteiger partial charge in [-0.15, -0.1) is 0 Å². The van der Waals surface area contributed by atoms with Crippen LogP contribution in [0.5, 0.6) is 0 Å². The molecule has 1 aromatic carbocycles. The van der Waals surface area contributed by atoms with Gasteiger partial charge in [0.05, 0.1) is 5.02 Å². The average Bonchev–Trinajstić information content (AvgIpc) is 2.32. The smallest absolute Gasteiger partial charge is 0.255 e. The number of nitrogens with zero attached hydrogens (tertiary/aromatic N) is 1. The van der Waals surface area contributed by atoms with Crippen LogP contribution in [0, 0.1) is 0 Å². The summed E-state index contributed by atoms with van der Waals surface area (Å²) in [5.41, 5.74) is 0.932. The molecule has 0 bridgehead atoms. The highest BCUT2D eigenvalue weighted by Gasteiger charge is 2.10. The molecule has 7 heteroatoms. The second-order valence-corrected chi connectivity index (χ2v) is 5.62. The van der Waals surface area contributed by atoms with Gasteiger partial charge < -0.3 is 5.32 Å². The first-order chi connectivity index (χ1) is 8.95. The van der Waals surface area contributed by atoms with Crippen molar-refractivity contribution >= 4 is 62.3 Å². The van der Waals surface area contributed by atoms with Crippen LogP contribution in [0.1, 0.15) is 10.4 Å². The number of benzene rings is 1. The summed E-state index contributed by atoms with van der Waals surface area (Å²) >= 11 is 20.6. The summed E-state index contributed by atoms with van der Waals surface area (Å²) in [6, 6.07) is 7.94. The minimum absolute atomic E-state index is 0.162. The van der Waals surface area contributed by atoms with Crippen LogP contribution in [0.4, 0.5) is 5.69 Å². The van der Waals surface area contributed by atoms with E-state index in [1.54, 1.807) is 18.2 Å². The number of carbonyl (C=O) groups is 1. The topological polar surface area (TPSA) is 42.0 Å². The summed E-state index contributed by atoms with van der Waals surface area (Å²) < 4.78 is 0.692. The maximum Gasteiger partial charge on any atom is 0.255 e. The standard InChI is InChI=1S/C12H6BrCl3N2O/c13-8-5-7(1-2-9(8)14)17-12(19)6-3-10(15)18-11(16)4-6/h1-5H,(H,17,19). The number of carbonyl (C=O) groups excluding carboxylic acids is 1. The zero-order valence-corrected chi connectivity index (χ0v) is 13.1. The summed E-state index contributed by atoms with van der Waals surface area (Å²) in [6.45, 7) is 0. The van der Waals surface area contributed by atoms with E-state index in [0.29, 0.717) is 20.7 Å². The highest BCUT2D eigenvalue weighted by Crippen LogP contribution is 2.26. The second-order valence-electron chi connectivity index (χ2n) is 3.58. The van der Waals surface area contributed by atoms with Crippen molar-refractivity contribution < 1.29 is 4.79 Å². The maximum absolute atomic E-state index is 12.0. The summed E-state index contributed by atoms with van der Waals surface area (Å²) in [5, 5.41) is 3.59. The molecule has 0 aliphatic heterocycles. The third kappa shape index (κ3) is 3.83. The van der Waals surface area contributed by atoms with Crippen molar-refractivity contribution in [3.63, 3.8) is 0 Å². The summed E-state index contributed by atoms with van der Waals surface area (Å²) in [4.78, 5) is 15.8. The summed E-state index contributed by atoms with van der Waals surface area (Å²) in [6.07, 6.45) is 0. The van der Waals surface area contributed by atoms with Gasteiger partial charge in [-0.05, 0) is 46.3 Å². The van der Waals surface area contributed by atoms with Crippen molar-refractivity contribution in [1.82, 2.24) is 4.98 Å². The van der Waals surface area contributed by atoms with Crippen molar-refractivity contribution in [2.24, 2.45) is 0 Å². The molecule has 1 amide bonds. The minimum Gasteiger partial charge on any atom is -0.322 e. The predicted octanol–water partition coefficient (Wildman–Crippen LogP) is 5.06. The summed E-state index contributed by atoms with van der Waals surface area (Å²) in [7, 11) is 0. The fourth-order valence-electron chi connectivity index (χ4n) is 1.37. The van der Waals surface area contributed by atoms with E-state index in [4.69, 9.17) is 34.8 Å². The van der Waals surface area contributed by atoms with Gasteiger partial charge in [0.15, 0.2) is 0 Å². The lowest BCUT2D eigenvalue weighted by molar-refractivity contribution is 0.102. The lowest BCUT2D eigenvalue weighted by Gasteiger charge is -2.07. The Bertz CT molecular complexity index is 629. The van der Waals surface area contributed by atoms with Crippen molar-refractivity contribution in [3.8, 4) is 0 Å². The van der Waals surface area contributed by atoms with E-state index < -0.39 is 0 Å². The Morgan fingerprint density at radius 3 is 2.32 bits per heavy atom. The Labute approximate surface area is 133 Å². The molecule has 19 heavy (non-hydrogen) atoms. The van der Waals surface area contributed by atoms with E-state index in [1.807, 2.05) is 0 Å². The SMILES string of the molecule is O=C(Nc1ccc(Cl)c(Br)c1)c1cc(Cl)nc(Cl)c1. The summed E-state index contributed by atoms with van der Waals surface area (Å²) in [5.74, 6) is -0.333. The molecule has 1 N–H and O–H groups in total. The lowest BCUT2D eigenvalue weighted by atomic mass is 10.2. The van der Waals surface area contributed by atoms with Gasteiger partial charge in [0.2, 0.25) is 0 Å². The van der Waals surface area contributed by atoms with Crippen molar-refractivity contribution in [2.75, 3.05) is 5.32 Å². The first-order valence-corrected chi connectivity index (χ1v) is 6.98. The van der Waals surface area contributed by atoms with E-state index in [0.717, 1.165) is 0 Å². The molecule has 3 nitrogen and oxygen atoms in total. The number of hydrogen-bond donors (Lipinski definition) is 1. The van der Waals surface area contributed by atoms with Crippen LogP contribution >= 0.6 is 50.7 Å². The second kappa shape index (κ2) is 6.09. The van der Waals surface area contributed by atoms with Crippen LogP contribution in [-0.4, -0.2) is 10.9 Å². The molecule has 0 atom stereocenters. The van der Waals surface area contributed by atoms with Gasteiger partial charge in [-0.2, -0.15) is 0 Å². The zero-order valence-electron chi connectivity index (χ0n) is 9.25. The molecule has 2 aromatic rings. The number of halogens is 4. The Morgan fingerprint density at radius 1 is 1.11 bits per heavy atom. The number of aromatic nitrogens is 1. The van der Waals surface area contributed by atoms with Crippen molar-refractivity contribution in [2.45, 2.75) is 0 Å². The monoisotopic (exact) mass is 378 g/mol. The van der Waals surface area contributed by atoms with Gasteiger partial charge >= 0.3 is 0 Å². The van der Waals surface area contributed by atoms with Gasteiger partial charge in [-0.1, -0.05) is 34.8 Å². The molecule has 2 rings (SSSR count). The normalized spacial score (nSPS) is 10.3. The molecule has 1 heterocycles. The molecule has 0 aliphatic carbocycles. The first-order valence-electron chi connectivity index (χ1n) is 5.05. The van der Waals surface area contributed by atoms with Gasteiger partial charge in [0.1, 0.15) is 10.3 Å². The maximum atomic E-state index is 12.0. The first kappa shape index (κ1) is 14.6. The van der Waals surface area contributed by atoms with E-state index >= 15 is 0 Å². The number of nitrogens with one attached hydrogen (secondary N) is 1. The van der Waals surface area contributed by atoms with Crippen LogP contribution in [0.15, 0.2) is 34.8 Å². The van der Waals surface area contributed by atoms with E-state index in [2.05, 4.69) is 26.2 Å². The van der Waals surface area contributed by atoms with Crippen molar-refractivity contribution in [3.05, 3.63) is 55.7 Å². The molecular formula is C12H6BrCl3N2O. The number of anilines is 1. The van der Waals surface area contributed by atoms with Crippen molar-refractivity contribution in [1.29, 1.82) is 0 Å². The van der Waals surface area contributed by atoms with Gasteiger partial charge in [-0.3, -0.25) is 4.79 Å². The van der Waals surface area contributed by atoms with E-state index in [1.165, 1.54) is 12.1 Å². The van der Waals surface area contributed by atoms with Crippen LogP contribution in [0.3, 0.4) is 0 Å². The fraction of sp³-hybridized carbons (Fsp3) is 0. The highest BCUT2D eigenvalue weighted by atomic mass is 79.9. The van der Waals surface area contributed by atoms with Crippen LogP contribution in [0.25, 0.3) is 0 Å². The molecule has 0 fully saturated rings. The number of rotatable bonds is 2. The third-order valence-corrected chi connectivity index (χ3v) is 3.80. The van der Waals surface area contributed by atoms with E-state index in [9.17, 15) is 4.79 Å².